The van der Waals surface area contributed by atoms with Gasteiger partial charge < -0.3 is 4.74 Å². The Morgan fingerprint density at radius 1 is 1.52 bits per heavy atom. The Hall–Kier alpha value is -1.60. The zero-order valence-electron chi connectivity index (χ0n) is 11.5. The van der Waals surface area contributed by atoms with Crippen molar-refractivity contribution in [1.29, 1.82) is 0 Å². The summed E-state index contributed by atoms with van der Waals surface area (Å²) < 4.78 is 7.16. The normalized spacial score (nSPS) is 10.7. The van der Waals surface area contributed by atoms with Crippen molar-refractivity contribution in [1.82, 2.24) is 9.78 Å². The van der Waals surface area contributed by atoms with Crippen LogP contribution in [-0.2, 0) is 19.0 Å². The summed E-state index contributed by atoms with van der Waals surface area (Å²) in [6.07, 6.45) is 0. The van der Waals surface area contributed by atoms with Crippen LogP contribution in [0, 0.1) is 17.0 Å². The van der Waals surface area contributed by atoms with Crippen molar-refractivity contribution >= 4 is 33.2 Å². The van der Waals surface area contributed by atoms with Crippen molar-refractivity contribution in [3.63, 3.8) is 0 Å². The second kappa shape index (κ2) is 6.44. The first-order chi connectivity index (χ1) is 9.93. The maximum absolute atomic E-state index is 11.1. The van der Waals surface area contributed by atoms with Crippen molar-refractivity contribution in [2.75, 3.05) is 0 Å². The molecule has 0 N–H and O–H groups in total. The molecule has 1 aromatic heterocycles. The number of nitro benzene ring substituents is 1. The van der Waals surface area contributed by atoms with E-state index < -0.39 is 4.92 Å². The van der Waals surface area contributed by atoms with Gasteiger partial charge in [-0.3, -0.25) is 14.8 Å². The lowest BCUT2D eigenvalue weighted by Gasteiger charge is -2.08. The highest BCUT2D eigenvalue weighted by molar-refractivity contribution is 9.08. The van der Waals surface area contributed by atoms with Gasteiger partial charge in [0.2, 0.25) is 0 Å². The minimum Gasteiger partial charge on any atom is -0.480 e. The molecule has 2 rings (SSSR count). The van der Waals surface area contributed by atoms with Gasteiger partial charge in [0, 0.05) is 18.4 Å². The fourth-order valence-electron chi connectivity index (χ4n) is 1.89. The highest BCUT2D eigenvalue weighted by Gasteiger charge is 2.18. The fourth-order valence-corrected chi connectivity index (χ4v) is 2.46. The van der Waals surface area contributed by atoms with Crippen molar-refractivity contribution in [3.8, 4) is 5.75 Å². The molecule has 8 heteroatoms. The number of halogens is 2. The standard InChI is InChI=1S/C13H13BrClN3O3/c1-8-13(15)11(17(2)16-8)7-21-12-4-3-9(6-14)5-10(12)18(19)20/h3-5H,6-7H2,1-2H3. The van der Waals surface area contributed by atoms with Crippen LogP contribution in [0.3, 0.4) is 0 Å². The molecule has 0 fully saturated rings. The molecule has 0 spiro atoms. The van der Waals surface area contributed by atoms with Crippen molar-refractivity contribution in [2.45, 2.75) is 18.9 Å². The number of hydrogen-bond donors (Lipinski definition) is 0. The van der Waals surface area contributed by atoms with E-state index in [4.69, 9.17) is 16.3 Å². The highest BCUT2D eigenvalue weighted by Crippen LogP contribution is 2.30. The molecule has 0 radical (unpaired) electrons. The van der Waals surface area contributed by atoms with E-state index in [1.54, 1.807) is 30.8 Å². The zero-order valence-corrected chi connectivity index (χ0v) is 13.8. The lowest BCUT2D eigenvalue weighted by molar-refractivity contribution is -0.386. The number of rotatable bonds is 5. The molecule has 0 bridgehead atoms. The van der Waals surface area contributed by atoms with E-state index in [0.717, 1.165) is 5.56 Å². The van der Waals surface area contributed by atoms with Crippen LogP contribution in [0.25, 0.3) is 0 Å². The number of aryl methyl sites for hydroxylation is 2. The number of alkyl halides is 1. The maximum atomic E-state index is 11.1. The van der Waals surface area contributed by atoms with Crippen molar-refractivity contribution in [3.05, 3.63) is 50.3 Å². The minimum atomic E-state index is -0.461. The van der Waals surface area contributed by atoms with Gasteiger partial charge in [0.25, 0.3) is 0 Å². The van der Waals surface area contributed by atoms with Gasteiger partial charge in [-0.1, -0.05) is 33.6 Å². The molecule has 0 unspecified atom stereocenters. The van der Waals surface area contributed by atoms with Gasteiger partial charge in [0.05, 0.1) is 21.3 Å². The molecule has 112 valence electrons. The van der Waals surface area contributed by atoms with Crippen LogP contribution in [0.5, 0.6) is 5.75 Å². The number of nitrogens with zero attached hydrogens (tertiary/aromatic N) is 3. The van der Waals surface area contributed by atoms with E-state index in [-0.39, 0.29) is 18.0 Å². The molecule has 2 aromatic rings. The van der Waals surface area contributed by atoms with Crippen molar-refractivity contribution < 1.29 is 9.66 Å². The highest BCUT2D eigenvalue weighted by atomic mass is 79.9. The monoisotopic (exact) mass is 373 g/mol. The molecule has 1 aromatic carbocycles. The molecular weight excluding hydrogens is 362 g/mol. The van der Waals surface area contributed by atoms with Gasteiger partial charge in [0.1, 0.15) is 6.61 Å². The van der Waals surface area contributed by atoms with E-state index in [0.29, 0.717) is 21.7 Å². The summed E-state index contributed by atoms with van der Waals surface area (Å²) in [5.41, 5.74) is 2.11. The van der Waals surface area contributed by atoms with Gasteiger partial charge >= 0.3 is 5.69 Å². The first-order valence-corrected chi connectivity index (χ1v) is 7.58. The van der Waals surface area contributed by atoms with Gasteiger partial charge in [-0.2, -0.15) is 5.10 Å². The Morgan fingerprint density at radius 2 is 2.24 bits per heavy atom. The predicted molar refractivity (Wildman–Crippen MR) is 83.0 cm³/mol. The third kappa shape index (κ3) is 3.36. The zero-order chi connectivity index (χ0) is 15.6. The van der Waals surface area contributed by atoms with Gasteiger partial charge in [0.15, 0.2) is 5.75 Å². The van der Waals surface area contributed by atoms with Crippen molar-refractivity contribution in [2.24, 2.45) is 7.05 Å². The summed E-state index contributed by atoms with van der Waals surface area (Å²) in [6, 6.07) is 4.85. The van der Waals surface area contributed by atoms with E-state index in [9.17, 15) is 10.1 Å². The van der Waals surface area contributed by atoms with E-state index in [2.05, 4.69) is 21.0 Å². The minimum absolute atomic E-state index is 0.0676. The fraction of sp³-hybridized carbons (Fsp3) is 0.308. The predicted octanol–water partition coefficient (Wildman–Crippen LogP) is 3.76. The number of benzene rings is 1. The molecule has 0 atom stereocenters. The lowest BCUT2D eigenvalue weighted by atomic mass is 10.2. The Labute approximate surface area is 134 Å². The van der Waals surface area contributed by atoms with E-state index in [1.807, 2.05) is 0 Å². The Bertz CT molecular complexity index is 688. The second-order valence-corrected chi connectivity index (χ2v) is 5.39. The average molecular weight is 375 g/mol. The van der Waals surface area contributed by atoms with Crippen LogP contribution in [-0.4, -0.2) is 14.7 Å². The Balaban J connectivity index is 2.25. The summed E-state index contributed by atoms with van der Waals surface area (Å²) >= 11 is 9.40. The number of aromatic nitrogens is 2. The molecule has 0 amide bonds. The summed E-state index contributed by atoms with van der Waals surface area (Å²) in [4.78, 5) is 10.6. The van der Waals surface area contributed by atoms with Crippen LogP contribution in [0.1, 0.15) is 17.0 Å². The molecule has 21 heavy (non-hydrogen) atoms. The smallest absolute Gasteiger partial charge is 0.311 e. The number of nitro groups is 1. The lowest BCUT2D eigenvalue weighted by Crippen LogP contribution is -2.05. The number of ether oxygens (including phenoxy) is 1. The molecule has 0 saturated heterocycles. The molecule has 0 saturated carbocycles. The maximum Gasteiger partial charge on any atom is 0.311 e. The Kier molecular flexibility index (Phi) is 4.84. The molecule has 6 nitrogen and oxygen atoms in total. The van der Waals surface area contributed by atoms with E-state index in [1.165, 1.54) is 6.07 Å². The van der Waals surface area contributed by atoms with E-state index >= 15 is 0 Å². The van der Waals surface area contributed by atoms with Crippen LogP contribution < -0.4 is 4.74 Å². The molecule has 0 aliphatic heterocycles. The van der Waals surface area contributed by atoms with Gasteiger partial charge in [-0.05, 0) is 18.6 Å². The number of hydrogen-bond acceptors (Lipinski definition) is 4. The van der Waals surface area contributed by atoms with Crippen LogP contribution in [0.15, 0.2) is 18.2 Å². The van der Waals surface area contributed by atoms with Crippen LogP contribution in [0.2, 0.25) is 5.02 Å². The largest absolute Gasteiger partial charge is 0.480 e. The molecule has 0 aliphatic rings. The summed E-state index contributed by atoms with van der Waals surface area (Å²) in [7, 11) is 1.75. The van der Waals surface area contributed by atoms with Gasteiger partial charge in [-0.15, -0.1) is 0 Å². The molecular formula is C13H13BrClN3O3. The molecule has 0 aliphatic carbocycles. The summed E-state index contributed by atoms with van der Waals surface area (Å²) in [5.74, 6) is 0.208. The van der Waals surface area contributed by atoms with Crippen LogP contribution in [0.4, 0.5) is 5.69 Å². The van der Waals surface area contributed by atoms with Crippen LogP contribution >= 0.6 is 27.5 Å². The molecule has 1 heterocycles. The Morgan fingerprint density at radius 3 is 2.76 bits per heavy atom. The second-order valence-electron chi connectivity index (χ2n) is 4.45. The SMILES string of the molecule is Cc1nn(C)c(COc2ccc(CBr)cc2[N+](=O)[O-])c1Cl. The first kappa shape index (κ1) is 15.8. The third-order valence-electron chi connectivity index (χ3n) is 3.00. The topological polar surface area (TPSA) is 70.2 Å². The summed E-state index contributed by atoms with van der Waals surface area (Å²) in [6.45, 7) is 1.91. The quantitative estimate of drug-likeness (QED) is 0.454. The first-order valence-electron chi connectivity index (χ1n) is 6.08. The third-order valence-corrected chi connectivity index (χ3v) is 4.14. The van der Waals surface area contributed by atoms with Gasteiger partial charge in [-0.25, -0.2) is 0 Å². The average Bonchev–Trinajstić information content (AvgIpc) is 2.70. The summed E-state index contributed by atoms with van der Waals surface area (Å²) in [5, 5.41) is 16.3.